The van der Waals surface area contributed by atoms with Gasteiger partial charge in [-0.15, -0.1) is 5.10 Å². The maximum absolute atomic E-state index is 12.8. The van der Waals surface area contributed by atoms with Gasteiger partial charge in [0.05, 0.1) is 5.69 Å². The summed E-state index contributed by atoms with van der Waals surface area (Å²) < 4.78 is 14.2. The fraction of sp³-hybridized carbons (Fsp3) is 0.111. The summed E-state index contributed by atoms with van der Waals surface area (Å²) >= 11 is 0. The van der Waals surface area contributed by atoms with Gasteiger partial charge in [0.2, 0.25) is 0 Å². The molecule has 0 amide bonds. The van der Waals surface area contributed by atoms with Crippen LogP contribution < -0.4 is 0 Å². The smallest absolute Gasteiger partial charge is 0.176 e. The Morgan fingerprint density at radius 1 is 1.43 bits per heavy atom. The molecule has 2 rings (SSSR count). The second-order valence-electron chi connectivity index (χ2n) is 2.74. The lowest BCUT2D eigenvalue weighted by Crippen LogP contribution is -1.96. The Labute approximate surface area is 79.6 Å². The van der Waals surface area contributed by atoms with Crippen LogP contribution in [0.15, 0.2) is 30.6 Å². The highest BCUT2D eigenvalue weighted by molar-refractivity contribution is 5.30. The van der Waals surface area contributed by atoms with E-state index in [2.05, 4.69) is 10.1 Å². The number of rotatable bonds is 2. The molecule has 0 aliphatic rings. The molecule has 0 saturated heterocycles. The van der Waals surface area contributed by atoms with Crippen LogP contribution in [-0.2, 0) is 6.61 Å². The Hall–Kier alpha value is -1.75. The van der Waals surface area contributed by atoms with Gasteiger partial charge in [-0.3, -0.25) is 0 Å². The number of aliphatic hydroxyl groups is 1. The molecule has 0 saturated carbocycles. The summed E-state index contributed by atoms with van der Waals surface area (Å²) in [5, 5.41) is 12.7. The van der Waals surface area contributed by atoms with Crippen LogP contribution in [0.2, 0.25) is 0 Å². The van der Waals surface area contributed by atoms with Crippen LogP contribution in [0.5, 0.6) is 0 Å². The number of benzene rings is 1. The van der Waals surface area contributed by atoms with Crippen LogP contribution in [0.1, 0.15) is 5.82 Å². The summed E-state index contributed by atoms with van der Waals surface area (Å²) in [4.78, 5) is 3.82. The number of nitrogens with zero attached hydrogens (tertiary/aromatic N) is 3. The van der Waals surface area contributed by atoms with Gasteiger partial charge in [-0.2, -0.15) is 0 Å². The predicted octanol–water partition coefficient (Wildman–Crippen LogP) is 0.899. The first-order valence-electron chi connectivity index (χ1n) is 4.07. The van der Waals surface area contributed by atoms with Crippen LogP contribution in [0.3, 0.4) is 0 Å². The van der Waals surface area contributed by atoms with Gasteiger partial charge >= 0.3 is 0 Å². The average Bonchev–Trinajstić information content (AvgIpc) is 2.66. The van der Waals surface area contributed by atoms with Crippen molar-refractivity contribution >= 4 is 0 Å². The number of halogens is 1. The average molecular weight is 193 g/mol. The fourth-order valence-corrected chi connectivity index (χ4v) is 1.11. The zero-order valence-electron chi connectivity index (χ0n) is 7.26. The standard InChI is InChI=1S/C9H8FN3O/c10-7-2-1-3-8(4-7)13-6-11-9(5-14)12-13/h1-4,6,14H,5H2. The molecule has 0 spiro atoms. The van der Waals surface area contributed by atoms with E-state index in [-0.39, 0.29) is 12.4 Å². The number of aromatic nitrogens is 3. The van der Waals surface area contributed by atoms with Gasteiger partial charge in [0.15, 0.2) is 5.82 Å². The van der Waals surface area contributed by atoms with E-state index in [0.29, 0.717) is 11.5 Å². The summed E-state index contributed by atoms with van der Waals surface area (Å²) in [6, 6.07) is 5.99. The summed E-state index contributed by atoms with van der Waals surface area (Å²) in [5.74, 6) is -0.0159. The lowest BCUT2D eigenvalue weighted by molar-refractivity contribution is 0.271. The summed E-state index contributed by atoms with van der Waals surface area (Å²) in [6.45, 7) is -0.220. The first-order valence-corrected chi connectivity index (χ1v) is 4.07. The zero-order valence-corrected chi connectivity index (χ0v) is 7.26. The van der Waals surface area contributed by atoms with Crippen molar-refractivity contribution in [1.82, 2.24) is 14.8 Å². The van der Waals surface area contributed by atoms with E-state index in [1.54, 1.807) is 12.1 Å². The Bertz CT molecular complexity index is 441. The molecular formula is C9H8FN3O. The Morgan fingerprint density at radius 2 is 2.29 bits per heavy atom. The van der Waals surface area contributed by atoms with Gasteiger partial charge in [-0.25, -0.2) is 14.1 Å². The molecule has 1 aromatic carbocycles. The lowest BCUT2D eigenvalue weighted by Gasteiger charge is -1.98. The van der Waals surface area contributed by atoms with Gasteiger partial charge in [-0.05, 0) is 18.2 Å². The molecule has 2 aromatic rings. The van der Waals surface area contributed by atoms with Crippen LogP contribution in [0.25, 0.3) is 5.69 Å². The molecule has 72 valence electrons. The number of aliphatic hydroxyl groups excluding tert-OH is 1. The van der Waals surface area contributed by atoms with Crippen molar-refractivity contribution < 1.29 is 9.50 Å². The molecule has 0 unspecified atom stereocenters. The minimum atomic E-state index is -0.330. The van der Waals surface area contributed by atoms with Crippen molar-refractivity contribution in [3.05, 3.63) is 42.2 Å². The van der Waals surface area contributed by atoms with Crippen LogP contribution >= 0.6 is 0 Å². The van der Waals surface area contributed by atoms with Crippen molar-refractivity contribution in [2.45, 2.75) is 6.61 Å². The molecule has 1 heterocycles. The van der Waals surface area contributed by atoms with Crippen molar-refractivity contribution in [3.8, 4) is 5.69 Å². The molecule has 1 aromatic heterocycles. The van der Waals surface area contributed by atoms with E-state index in [1.165, 1.54) is 23.1 Å². The molecule has 5 heteroatoms. The van der Waals surface area contributed by atoms with Gasteiger partial charge in [0, 0.05) is 0 Å². The Morgan fingerprint density at radius 3 is 2.93 bits per heavy atom. The van der Waals surface area contributed by atoms with Gasteiger partial charge in [0.25, 0.3) is 0 Å². The molecule has 0 bridgehead atoms. The monoisotopic (exact) mass is 193 g/mol. The van der Waals surface area contributed by atoms with E-state index < -0.39 is 0 Å². The van der Waals surface area contributed by atoms with E-state index in [4.69, 9.17) is 5.11 Å². The topological polar surface area (TPSA) is 50.9 Å². The molecule has 1 N–H and O–H groups in total. The third-order valence-electron chi connectivity index (χ3n) is 1.75. The minimum absolute atomic E-state index is 0.220. The molecule has 14 heavy (non-hydrogen) atoms. The van der Waals surface area contributed by atoms with E-state index in [0.717, 1.165) is 0 Å². The molecular weight excluding hydrogens is 185 g/mol. The highest BCUT2D eigenvalue weighted by Crippen LogP contribution is 2.07. The van der Waals surface area contributed by atoms with Crippen LogP contribution in [0, 0.1) is 5.82 Å². The molecule has 0 aliphatic heterocycles. The fourth-order valence-electron chi connectivity index (χ4n) is 1.11. The predicted molar refractivity (Wildman–Crippen MR) is 47.2 cm³/mol. The van der Waals surface area contributed by atoms with Gasteiger partial charge in [-0.1, -0.05) is 6.07 Å². The second kappa shape index (κ2) is 3.55. The third-order valence-corrected chi connectivity index (χ3v) is 1.75. The number of hydrogen-bond acceptors (Lipinski definition) is 3. The molecule has 0 atom stereocenters. The van der Waals surface area contributed by atoms with Crippen molar-refractivity contribution in [2.24, 2.45) is 0 Å². The van der Waals surface area contributed by atoms with Crippen molar-refractivity contribution in [2.75, 3.05) is 0 Å². The first-order chi connectivity index (χ1) is 6.79. The van der Waals surface area contributed by atoms with E-state index in [9.17, 15) is 4.39 Å². The number of hydrogen-bond donors (Lipinski definition) is 1. The largest absolute Gasteiger partial charge is 0.388 e. The molecule has 0 radical (unpaired) electrons. The van der Waals surface area contributed by atoms with E-state index in [1.807, 2.05) is 0 Å². The highest BCUT2D eigenvalue weighted by Gasteiger charge is 2.01. The SMILES string of the molecule is OCc1ncn(-c2cccc(F)c2)n1. The maximum atomic E-state index is 12.8. The van der Waals surface area contributed by atoms with Crippen molar-refractivity contribution in [1.29, 1.82) is 0 Å². The highest BCUT2D eigenvalue weighted by atomic mass is 19.1. The van der Waals surface area contributed by atoms with Crippen LogP contribution in [-0.4, -0.2) is 19.9 Å². The normalized spacial score (nSPS) is 10.4. The lowest BCUT2D eigenvalue weighted by atomic mass is 10.3. The Kier molecular flexibility index (Phi) is 2.24. The van der Waals surface area contributed by atoms with Gasteiger partial charge < -0.3 is 5.11 Å². The second-order valence-corrected chi connectivity index (χ2v) is 2.74. The summed E-state index contributed by atoms with van der Waals surface area (Å²) in [6.07, 6.45) is 1.43. The summed E-state index contributed by atoms with van der Waals surface area (Å²) in [7, 11) is 0. The molecule has 0 fully saturated rings. The first kappa shape index (κ1) is 8.83. The quantitative estimate of drug-likeness (QED) is 0.770. The van der Waals surface area contributed by atoms with Gasteiger partial charge in [0.1, 0.15) is 18.8 Å². The molecule has 4 nitrogen and oxygen atoms in total. The zero-order chi connectivity index (χ0) is 9.97. The molecule has 0 aliphatic carbocycles. The van der Waals surface area contributed by atoms with E-state index >= 15 is 0 Å². The van der Waals surface area contributed by atoms with Crippen molar-refractivity contribution in [3.63, 3.8) is 0 Å². The van der Waals surface area contributed by atoms with Crippen LogP contribution in [0.4, 0.5) is 4.39 Å². The third kappa shape index (κ3) is 1.62. The summed E-state index contributed by atoms with van der Waals surface area (Å²) in [5.41, 5.74) is 0.581. The minimum Gasteiger partial charge on any atom is -0.388 e. The maximum Gasteiger partial charge on any atom is 0.176 e. The Balaban J connectivity index is 2.39.